The Morgan fingerprint density at radius 3 is 3.07 bits per heavy atom. The van der Waals surface area contributed by atoms with E-state index in [1.165, 1.54) is 0 Å². The molecule has 1 aromatic carbocycles. The summed E-state index contributed by atoms with van der Waals surface area (Å²) in [7, 11) is 0. The minimum atomic E-state index is 0.00106. The fraction of sp³-hybridized carbons (Fsp3) is 0.308. The summed E-state index contributed by atoms with van der Waals surface area (Å²) in [4.78, 5) is 11.9. The normalized spacial score (nSPS) is 23.6. The van der Waals surface area contributed by atoms with Gasteiger partial charge in [-0.3, -0.25) is 4.79 Å². The number of Topliss-reactive ketones (excluding diaryl/α,β-unsaturated/α-hetero) is 1. The van der Waals surface area contributed by atoms with Gasteiger partial charge < -0.3 is 4.74 Å². The molecule has 1 fully saturated rings. The zero-order valence-electron chi connectivity index (χ0n) is 8.40. The summed E-state index contributed by atoms with van der Waals surface area (Å²) in [5.74, 6) is 0.256. The second-order valence-corrected chi connectivity index (χ2v) is 4.06. The van der Waals surface area contributed by atoms with Gasteiger partial charge in [-0.25, -0.2) is 0 Å². The monoisotopic (exact) mass is 200 g/mol. The highest BCUT2D eigenvalue weighted by atomic mass is 16.5. The van der Waals surface area contributed by atoms with Crippen molar-refractivity contribution in [1.29, 1.82) is 0 Å². The van der Waals surface area contributed by atoms with Crippen molar-refractivity contribution < 1.29 is 9.53 Å². The molecule has 15 heavy (non-hydrogen) atoms. The lowest BCUT2D eigenvalue weighted by atomic mass is 9.88. The Morgan fingerprint density at radius 1 is 1.27 bits per heavy atom. The first-order valence-corrected chi connectivity index (χ1v) is 5.34. The van der Waals surface area contributed by atoms with Crippen LogP contribution in [-0.2, 0) is 9.53 Å². The van der Waals surface area contributed by atoms with Crippen LogP contribution in [0.1, 0.15) is 19.3 Å². The van der Waals surface area contributed by atoms with Gasteiger partial charge in [0, 0.05) is 17.2 Å². The quantitative estimate of drug-likeness (QED) is 0.617. The van der Waals surface area contributed by atoms with Gasteiger partial charge in [-0.15, -0.1) is 0 Å². The van der Waals surface area contributed by atoms with Gasteiger partial charge in [0.25, 0.3) is 0 Å². The van der Waals surface area contributed by atoms with E-state index in [1.807, 2.05) is 24.3 Å². The molecule has 3 rings (SSSR count). The Morgan fingerprint density at radius 2 is 2.13 bits per heavy atom. The molecule has 2 heteroatoms. The highest BCUT2D eigenvalue weighted by molar-refractivity contribution is 6.17. The number of benzene rings is 1. The van der Waals surface area contributed by atoms with Gasteiger partial charge in [0.1, 0.15) is 6.10 Å². The van der Waals surface area contributed by atoms with Crippen LogP contribution in [0.3, 0.4) is 0 Å². The van der Waals surface area contributed by atoms with E-state index in [-0.39, 0.29) is 11.9 Å². The number of hydrogen-bond acceptors (Lipinski definition) is 2. The number of fused-ring (bicyclic) bond motifs is 2. The molecular formula is C13H12O2. The molecular weight excluding hydrogens is 188 g/mol. The molecule has 0 amide bonds. The number of ketones is 1. The zero-order valence-corrected chi connectivity index (χ0v) is 8.40. The lowest BCUT2D eigenvalue weighted by molar-refractivity contribution is -0.115. The lowest BCUT2D eigenvalue weighted by Gasteiger charge is -2.26. The van der Waals surface area contributed by atoms with Crippen LogP contribution < -0.4 is 10.4 Å². The first-order valence-electron chi connectivity index (χ1n) is 5.34. The summed E-state index contributed by atoms with van der Waals surface area (Å²) in [5, 5.41) is 2.09. The van der Waals surface area contributed by atoms with Gasteiger partial charge in [0.15, 0.2) is 5.78 Å². The molecule has 2 nitrogen and oxygen atoms in total. The van der Waals surface area contributed by atoms with Crippen LogP contribution in [0.4, 0.5) is 0 Å². The van der Waals surface area contributed by atoms with Crippen LogP contribution >= 0.6 is 0 Å². The van der Waals surface area contributed by atoms with E-state index in [4.69, 9.17) is 4.74 Å². The lowest BCUT2D eigenvalue weighted by Crippen LogP contribution is -2.40. The van der Waals surface area contributed by atoms with Crippen molar-refractivity contribution >= 4 is 17.6 Å². The van der Waals surface area contributed by atoms with E-state index >= 15 is 0 Å². The minimum absolute atomic E-state index is 0.00106. The van der Waals surface area contributed by atoms with Crippen LogP contribution in [0.25, 0.3) is 11.8 Å². The van der Waals surface area contributed by atoms with Crippen LogP contribution in [0.5, 0.6) is 0 Å². The van der Waals surface area contributed by atoms with Crippen molar-refractivity contribution in [1.82, 2.24) is 0 Å². The average molecular weight is 200 g/mol. The first kappa shape index (κ1) is 8.72. The van der Waals surface area contributed by atoms with E-state index in [9.17, 15) is 4.79 Å². The SMILES string of the molecule is O=C1CCCC2OC=c3ccccc3=C12. The van der Waals surface area contributed by atoms with Crippen LogP contribution in [0.2, 0.25) is 0 Å². The van der Waals surface area contributed by atoms with Crippen LogP contribution in [0, 0.1) is 0 Å². The van der Waals surface area contributed by atoms with Gasteiger partial charge in [-0.05, 0) is 18.1 Å². The molecule has 1 aliphatic carbocycles. The molecule has 0 N–H and O–H groups in total. The van der Waals surface area contributed by atoms with Crippen molar-refractivity contribution in [2.24, 2.45) is 0 Å². The number of ether oxygens (including phenoxy) is 1. The molecule has 1 saturated carbocycles. The summed E-state index contributed by atoms with van der Waals surface area (Å²) >= 11 is 0. The van der Waals surface area contributed by atoms with Crippen molar-refractivity contribution in [3.05, 3.63) is 34.7 Å². The maximum absolute atomic E-state index is 11.9. The maximum Gasteiger partial charge on any atom is 0.163 e. The van der Waals surface area contributed by atoms with Crippen molar-refractivity contribution in [3.63, 3.8) is 0 Å². The van der Waals surface area contributed by atoms with Crippen molar-refractivity contribution in [3.8, 4) is 0 Å². The highest BCUT2D eigenvalue weighted by Gasteiger charge is 2.28. The molecule has 0 saturated heterocycles. The van der Waals surface area contributed by atoms with Crippen LogP contribution in [-0.4, -0.2) is 11.9 Å². The third kappa shape index (κ3) is 1.29. The predicted octanol–water partition coefficient (Wildman–Crippen LogP) is 0.727. The molecule has 1 aromatic rings. The van der Waals surface area contributed by atoms with Gasteiger partial charge >= 0.3 is 0 Å². The summed E-state index contributed by atoms with van der Waals surface area (Å²) < 4.78 is 5.60. The number of carbonyl (C=O) groups is 1. The van der Waals surface area contributed by atoms with Crippen molar-refractivity contribution in [2.45, 2.75) is 25.4 Å². The third-order valence-electron chi connectivity index (χ3n) is 3.10. The van der Waals surface area contributed by atoms with Gasteiger partial charge in [-0.2, -0.15) is 0 Å². The predicted molar refractivity (Wildman–Crippen MR) is 57.3 cm³/mol. The minimum Gasteiger partial charge on any atom is -0.493 e. The molecule has 0 aromatic heterocycles. The second-order valence-electron chi connectivity index (χ2n) is 4.06. The largest absolute Gasteiger partial charge is 0.493 e. The number of rotatable bonds is 0. The summed E-state index contributed by atoms with van der Waals surface area (Å²) in [6.45, 7) is 0. The molecule has 0 radical (unpaired) electrons. The zero-order chi connectivity index (χ0) is 10.3. The van der Waals surface area contributed by atoms with E-state index < -0.39 is 0 Å². The fourth-order valence-corrected chi connectivity index (χ4v) is 2.37. The molecule has 1 unspecified atom stereocenters. The molecule has 76 valence electrons. The maximum atomic E-state index is 11.9. The first-order chi connectivity index (χ1) is 7.36. The van der Waals surface area contributed by atoms with Crippen molar-refractivity contribution in [2.75, 3.05) is 0 Å². The Bertz CT molecular complexity index is 528. The Labute approximate surface area is 87.9 Å². The van der Waals surface area contributed by atoms with Gasteiger partial charge in [0.05, 0.1) is 6.26 Å². The summed E-state index contributed by atoms with van der Waals surface area (Å²) in [6.07, 6.45) is 4.36. The molecule has 1 heterocycles. The third-order valence-corrected chi connectivity index (χ3v) is 3.10. The average Bonchev–Trinajstić information content (AvgIpc) is 2.29. The topological polar surface area (TPSA) is 26.3 Å². The Kier molecular flexibility index (Phi) is 1.88. The molecule has 1 aliphatic heterocycles. The Balaban J connectivity index is 2.34. The van der Waals surface area contributed by atoms with E-state index in [0.717, 1.165) is 28.9 Å². The number of hydrogen-bond donors (Lipinski definition) is 0. The van der Waals surface area contributed by atoms with E-state index in [2.05, 4.69) is 0 Å². The second kappa shape index (κ2) is 3.23. The molecule has 0 spiro atoms. The van der Waals surface area contributed by atoms with E-state index in [0.29, 0.717) is 6.42 Å². The van der Waals surface area contributed by atoms with Gasteiger partial charge in [0.2, 0.25) is 0 Å². The molecule has 0 bridgehead atoms. The fourth-order valence-electron chi connectivity index (χ4n) is 2.37. The Hall–Kier alpha value is -1.57. The molecule has 2 aliphatic rings. The standard InChI is InChI=1S/C13H12O2/c14-11-6-3-7-12-13(11)10-5-2-1-4-9(10)8-15-12/h1-2,4-5,8,12H,3,6-7H2. The number of carbonyl (C=O) groups excluding carboxylic acids is 1. The summed E-state index contributed by atoms with van der Waals surface area (Å²) in [6, 6.07) is 7.94. The van der Waals surface area contributed by atoms with Gasteiger partial charge in [-0.1, -0.05) is 24.3 Å². The summed E-state index contributed by atoms with van der Waals surface area (Å²) in [5.41, 5.74) is 0.888. The van der Waals surface area contributed by atoms with E-state index in [1.54, 1.807) is 6.26 Å². The highest BCUT2D eigenvalue weighted by Crippen LogP contribution is 2.24. The van der Waals surface area contributed by atoms with Crippen LogP contribution in [0.15, 0.2) is 24.3 Å². The smallest absolute Gasteiger partial charge is 0.163 e. The molecule has 1 atom stereocenters.